The topological polar surface area (TPSA) is 64.3 Å². The van der Waals surface area contributed by atoms with Crippen molar-refractivity contribution in [3.8, 4) is 6.19 Å². The molecule has 1 aliphatic rings. The van der Waals surface area contributed by atoms with Gasteiger partial charge in [0.15, 0.2) is 6.19 Å². The van der Waals surface area contributed by atoms with Crippen molar-refractivity contribution in [3.05, 3.63) is 24.0 Å². The van der Waals surface area contributed by atoms with E-state index in [1.165, 1.54) is 12.4 Å². The van der Waals surface area contributed by atoms with Crippen LogP contribution in [0.2, 0.25) is 0 Å². The van der Waals surface area contributed by atoms with Gasteiger partial charge in [0.2, 0.25) is 0 Å². The highest BCUT2D eigenvalue weighted by atomic mass is 16.4. The number of hydrogen-bond donors (Lipinski definition) is 1. The van der Waals surface area contributed by atoms with Crippen LogP contribution in [0.25, 0.3) is 0 Å². The molecule has 56 valence electrons. The van der Waals surface area contributed by atoms with Gasteiger partial charge in [0, 0.05) is 18.8 Å². The van der Waals surface area contributed by atoms with Crippen LogP contribution in [0.4, 0.5) is 0 Å². The second-order valence-electron chi connectivity index (χ2n) is 2.06. The molecule has 0 atom stereocenters. The van der Waals surface area contributed by atoms with E-state index in [1.807, 2.05) is 0 Å². The molecule has 4 nitrogen and oxygen atoms in total. The number of nitriles is 1. The summed E-state index contributed by atoms with van der Waals surface area (Å²) >= 11 is 0. The van der Waals surface area contributed by atoms with E-state index in [0.717, 1.165) is 4.90 Å². The van der Waals surface area contributed by atoms with Gasteiger partial charge in [-0.25, -0.2) is 4.79 Å². The summed E-state index contributed by atoms with van der Waals surface area (Å²) in [5.41, 5.74) is 0.231. The van der Waals surface area contributed by atoms with Crippen molar-refractivity contribution in [2.75, 3.05) is 0 Å². The van der Waals surface area contributed by atoms with Gasteiger partial charge in [-0.3, -0.25) is 4.90 Å². The molecule has 0 unspecified atom stereocenters. The highest BCUT2D eigenvalue weighted by Crippen LogP contribution is 2.10. The Balaban J connectivity index is 2.79. The zero-order valence-corrected chi connectivity index (χ0v) is 5.69. The highest BCUT2D eigenvalue weighted by molar-refractivity contribution is 5.87. The van der Waals surface area contributed by atoms with Crippen LogP contribution in [0.15, 0.2) is 24.0 Å². The SMILES string of the molecule is N#CN1C=CCC(C(=O)O)=C1. The first-order chi connectivity index (χ1) is 5.24. The van der Waals surface area contributed by atoms with Gasteiger partial charge in [0.1, 0.15) is 0 Å². The van der Waals surface area contributed by atoms with Gasteiger partial charge in [0.05, 0.1) is 5.57 Å². The number of allylic oxidation sites excluding steroid dienone is 1. The average Bonchev–Trinajstić information content (AvgIpc) is 2.05. The van der Waals surface area contributed by atoms with Crippen LogP contribution < -0.4 is 0 Å². The van der Waals surface area contributed by atoms with Gasteiger partial charge < -0.3 is 5.11 Å². The normalized spacial score (nSPS) is 15.5. The third kappa shape index (κ3) is 1.58. The molecule has 11 heavy (non-hydrogen) atoms. The summed E-state index contributed by atoms with van der Waals surface area (Å²) in [6, 6.07) is 0. The van der Waals surface area contributed by atoms with Crippen molar-refractivity contribution < 1.29 is 9.90 Å². The Morgan fingerprint density at radius 3 is 3.09 bits per heavy atom. The van der Waals surface area contributed by atoms with Gasteiger partial charge in [-0.2, -0.15) is 5.26 Å². The minimum Gasteiger partial charge on any atom is -0.478 e. The number of carboxylic acids is 1. The maximum Gasteiger partial charge on any atom is 0.333 e. The molecule has 0 bridgehead atoms. The Morgan fingerprint density at radius 2 is 2.55 bits per heavy atom. The van der Waals surface area contributed by atoms with Crippen molar-refractivity contribution in [3.63, 3.8) is 0 Å². The molecule has 0 fully saturated rings. The molecule has 0 aromatic heterocycles. The molecule has 0 radical (unpaired) electrons. The second kappa shape index (κ2) is 2.88. The molecular weight excluding hydrogens is 144 g/mol. The summed E-state index contributed by atoms with van der Waals surface area (Å²) in [6.45, 7) is 0. The number of carboxylic acid groups (broad SMARTS) is 1. The van der Waals surface area contributed by atoms with Crippen LogP contribution in [0, 0.1) is 11.5 Å². The molecule has 4 heteroatoms. The van der Waals surface area contributed by atoms with E-state index in [0.29, 0.717) is 6.42 Å². The quantitative estimate of drug-likeness (QED) is 0.557. The maximum absolute atomic E-state index is 10.4. The van der Waals surface area contributed by atoms with E-state index in [-0.39, 0.29) is 5.57 Å². The van der Waals surface area contributed by atoms with Crippen molar-refractivity contribution in [1.29, 1.82) is 5.26 Å². The highest BCUT2D eigenvalue weighted by Gasteiger charge is 2.10. The zero-order chi connectivity index (χ0) is 8.27. The smallest absolute Gasteiger partial charge is 0.333 e. The largest absolute Gasteiger partial charge is 0.478 e. The average molecular weight is 150 g/mol. The van der Waals surface area contributed by atoms with Crippen molar-refractivity contribution >= 4 is 5.97 Å². The third-order valence-corrected chi connectivity index (χ3v) is 1.29. The predicted molar refractivity (Wildman–Crippen MR) is 36.9 cm³/mol. The molecule has 0 aromatic carbocycles. The fraction of sp³-hybridized carbons (Fsp3) is 0.143. The van der Waals surface area contributed by atoms with E-state index in [9.17, 15) is 4.79 Å². The monoisotopic (exact) mass is 150 g/mol. The summed E-state index contributed by atoms with van der Waals surface area (Å²) in [4.78, 5) is 11.5. The van der Waals surface area contributed by atoms with Crippen molar-refractivity contribution in [2.45, 2.75) is 6.42 Å². The fourth-order valence-corrected chi connectivity index (χ4v) is 0.762. The van der Waals surface area contributed by atoms with Gasteiger partial charge >= 0.3 is 5.97 Å². The van der Waals surface area contributed by atoms with Crippen LogP contribution in [0.5, 0.6) is 0 Å². The van der Waals surface area contributed by atoms with Gasteiger partial charge in [-0.1, -0.05) is 6.08 Å². The molecule has 1 heterocycles. The Bertz CT molecular complexity index is 273. The molecule has 0 aliphatic carbocycles. The van der Waals surface area contributed by atoms with Crippen LogP contribution in [0.1, 0.15) is 6.42 Å². The van der Waals surface area contributed by atoms with Crippen LogP contribution in [-0.2, 0) is 4.79 Å². The number of hydrogen-bond acceptors (Lipinski definition) is 3. The second-order valence-corrected chi connectivity index (χ2v) is 2.06. The standard InChI is InChI=1S/C7H6N2O2/c8-5-9-3-1-2-6(4-9)7(10)11/h1,3-4H,2H2,(H,10,11). The van der Waals surface area contributed by atoms with Gasteiger partial charge in [-0.15, -0.1) is 0 Å². The third-order valence-electron chi connectivity index (χ3n) is 1.29. The lowest BCUT2D eigenvalue weighted by molar-refractivity contribution is -0.132. The van der Waals surface area contributed by atoms with Crippen molar-refractivity contribution in [1.82, 2.24) is 4.90 Å². The number of rotatable bonds is 1. The molecular formula is C7H6N2O2. The lowest BCUT2D eigenvalue weighted by Crippen LogP contribution is -2.10. The van der Waals surface area contributed by atoms with Gasteiger partial charge in [0.25, 0.3) is 0 Å². The fourth-order valence-electron chi connectivity index (χ4n) is 0.762. The zero-order valence-electron chi connectivity index (χ0n) is 5.69. The number of carbonyl (C=O) groups is 1. The van der Waals surface area contributed by atoms with Crippen LogP contribution in [0.3, 0.4) is 0 Å². The summed E-state index contributed by atoms with van der Waals surface area (Å²) in [5, 5.41) is 16.9. The Hall–Kier alpha value is -1.76. The minimum absolute atomic E-state index is 0.231. The van der Waals surface area contributed by atoms with Crippen LogP contribution >= 0.6 is 0 Å². The molecule has 1 aliphatic heterocycles. The minimum atomic E-state index is -0.977. The maximum atomic E-state index is 10.4. The van der Waals surface area contributed by atoms with E-state index < -0.39 is 5.97 Å². The molecule has 0 amide bonds. The molecule has 1 rings (SSSR count). The molecule has 0 saturated carbocycles. The summed E-state index contributed by atoms with van der Waals surface area (Å²) in [5.74, 6) is -0.977. The van der Waals surface area contributed by atoms with E-state index in [2.05, 4.69) is 0 Å². The molecule has 0 saturated heterocycles. The Morgan fingerprint density at radius 1 is 1.82 bits per heavy atom. The Kier molecular flexibility index (Phi) is 1.93. The predicted octanol–water partition coefficient (Wildman–Crippen LogP) is 0.655. The first kappa shape index (κ1) is 7.35. The van der Waals surface area contributed by atoms with E-state index in [1.54, 1.807) is 12.3 Å². The molecule has 0 spiro atoms. The number of aliphatic carboxylic acids is 1. The van der Waals surface area contributed by atoms with Crippen molar-refractivity contribution in [2.24, 2.45) is 0 Å². The first-order valence-corrected chi connectivity index (χ1v) is 3.03. The molecule has 0 aromatic rings. The lowest BCUT2D eigenvalue weighted by atomic mass is 10.2. The summed E-state index contributed by atoms with van der Waals surface area (Å²) < 4.78 is 0. The van der Waals surface area contributed by atoms with E-state index in [4.69, 9.17) is 10.4 Å². The Labute approximate surface area is 63.7 Å². The molecule has 1 N–H and O–H groups in total. The summed E-state index contributed by atoms with van der Waals surface area (Å²) in [7, 11) is 0. The number of nitrogens with zero attached hydrogens (tertiary/aromatic N) is 2. The van der Waals surface area contributed by atoms with Crippen LogP contribution in [-0.4, -0.2) is 16.0 Å². The first-order valence-electron chi connectivity index (χ1n) is 3.03. The van der Waals surface area contributed by atoms with Gasteiger partial charge in [-0.05, 0) is 0 Å². The lowest BCUT2D eigenvalue weighted by Gasteiger charge is -2.09. The summed E-state index contributed by atoms with van der Waals surface area (Å²) in [6.07, 6.45) is 6.65. The van der Waals surface area contributed by atoms with E-state index >= 15 is 0 Å².